The van der Waals surface area contributed by atoms with Crippen molar-refractivity contribution in [2.24, 2.45) is 0 Å². The highest BCUT2D eigenvalue weighted by Gasteiger charge is 2.44. The van der Waals surface area contributed by atoms with E-state index in [4.69, 9.17) is 16.0 Å². The standard InChI is InChI=1S/C25H17ClN2O4/c26-17-10-8-15(9-11-17)22-21(23(29)20-13-16-5-1-2-7-19(16)32-20)24(30)25(31)28(22)14-18-6-3-4-12-27-18/h1-13,22,30H,14H2. The first-order chi connectivity index (χ1) is 15.5. The lowest BCUT2D eigenvalue weighted by Gasteiger charge is -2.26. The van der Waals surface area contributed by atoms with Crippen molar-refractivity contribution in [3.8, 4) is 0 Å². The average Bonchev–Trinajstić information content (AvgIpc) is 3.35. The Bertz CT molecular complexity index is 1330. The molecule has 1 aliphatic heterocycles. The number of ketones is 1. The Labute approximate surface area is 188 Å². The summed E-state index contributed by atoms with van der Waals surface area (Å²) in [4.78, 5) is 32.3. The molecule has 0 bridgehead atoms. The van der Waals surface area contributed by atoms with Crippen molar-refractivity contribution in [2.75, 3.05) is 0 Å². The van der Waals surface area contributed by atoms with Gasteiger partial charge >= 0.3 is 0 Å². The molecule has 1 unspecified atom stereocenters. The Balaban J connectivity index is 1.60. The van der Waals surface area contributed by atoms with E-state index in [0.29, 0.717) is 21.9 Å². The Morgan fingerprint density at radius 2 is 1.81 bits per heavy atom. The first kappa shape index (κ1) is 20.0. The van der Waals surface area contributed by atoms with Gasteiger partial charge in [-0.1, -0.05) is 48.0 Å². The molecule has 0 aliphatic carbocycles. The molecule has 5 rings (SSSR count). The molecule has 0 saturated carbocycles. The molecule has 2 aromatic heterocycles. The van der Waals surface area contributed by atoms with Crippen LogP contribution < -0.4 is 0 Å². The van der Waals surface area contributed by atoms with Crippen LogP contribution in [0.1, 0.15) is 27.9 Å². The molecular weight excluding hydrogens is 428 g/mol. The number of benzene rings is 2. The van der Waals surface area contributed by atoms with Crippen molar-refractivity contribution in [1.29, 1.82) is 0 Å². The number of carbonyl (C=O) groups is 2. The van der Waals surface area contributed by atoms with Crippen molar-refractivity contribution in [2.45, 2.75) is 12.6 Å². The summed E-state index contributed by atoms with van der Waals surface area (Å²) in [5.74, 6) is -1.73. The average molecular weight is 445 g/mol. The number of aliphatic hydroxyl groups is 1. The lowest BCUT2D eigenvalue weighted by Crippen LogP contribution is -2.31. The molecule has 0 radical (unpaired) electrons. The number of hydrogen-bond acceptors (Lipinski definition) is 5. The van der Waals surface area contributed by atoms with Crippen LogP contribution in [0.25, 0.3) is 11.0 Å². The van der Waals surface area contributed by atoms with Crippen LogP contribution in [-0.2, 0) is 11.3 Å². The van der Waals surface area contributed by atoms with E-state index in [9.17, 15) is 14.7 Å². The monoisotopic (exact) mass is 444 g/mol. The smallest absolute Gasteiger partial charge is 0.290 e. The zero-order valence-corrected chi connectivity index (χ0v) is 17.5. The number of carbonyl (C=O) groups excluding carboxylic acids is 2. The molecule has 1 amide bonds. The second kappa shape index (κ2) is 7.98. The normalized spacial score (nSPS) is 16.2. The van der Waals surface area contributed by atoms with Crippen LogP contribution in [0.4, 0.5) is 0 Å². The van der Waals surface area contributed by atoms with Gasteiger partial charge in [-0.2, -0.15) is 0 Å². The molecule has 1 N–H and O–H groups in total. The summed E-state index contributed by atoms with van der Waals surface area (Å²) in [6.07, 6.45) is 1.63. The van der Waals surface area contributed by atoms with Crippen LogP contribution in [0.2, 0.25) is 5.02 Å². The largest absolute Gasteiger partial charge is 0.503 e. The summed E-state index contributed by atoms with van der Waals surface area (Å²) in [5, 5.41) is 12.1. The van der Waals surface area contributed by atoms with E-state index in [2.05, 4.69) is 4.98 Å². The van der Waals surface area contributed by atoms with Crippen LogP contribution in [-0.4, -0.2) is 26.7 Å². The van der Waals surface area contributed by atoms with Gasteiger partial charge in [0.05, 0.1) is 23.9 Å². The zero-order valence-electron chi connectivity index (χ0n) is 16.7. The first-order valence-corrected chi connectivity index (χ1v) is 10.3. The third kappa shape index (κ3) is 3.44. The van der Waals surface area contributed by atoms with Crippen LogP contribution in [0.3, 0.4) is 0 Å². The Hall–Kier alpha value is -3.90. The lowest BCUT2D eigenvalue weighted by atomic mass is 9.95. The van der Waals surface area contributed by atoms with Gasteiger partial charge in [-0.15, -0.1) is 0 Å². The van der Waals surface area contributed by atoms with Gasteiger partial charge in [-0.3, -0.25) is 14.6 Å². The fourth-order valence-electron chi connectivity index (χ4n) is 3.93. The maximum Gasteiger partial charge on any atom is 0.290 e. The molecule has 0 fully saturated rings. The molecule has 6 nitrogen and oxygen atoms in total. The highest BCUT2D eigenvalue weighted by Crippen LogP contribution is 2.40. The summed E-state index contributed by atoms with van der Waals surface area (Å²) in [5.41, 5.74) is 1.79. The van der Waals surface area contributed by atoms with Crippen LogP contribution in [0.5, 0.6) is 0 Å². The maximum absolute atomic E-state index is 13.5. The molecule has 2 aromatic carbocycles. The van der Waals surface area contributed by atoms with E-state index in [0.717, 1.165) is 5.39 Å². The van der Waals surface area contributed by atoms with Gasteiger partial charge in [0.15, 0.2) is 11.5 Å². The van der Waals surface area contributed by atoms with Crippen molar-refractivity contribution in [3.63, 3.8) is 0 Å². The molecule has 1 aliphatic rings. The summed E-state index contributed by atoms with van der Waals surface area (Å²) in [7, 11) is 0. The van der Waals surface area contributed by atoms with Crippen LogP contribution in [0.15, 0.2) is 94.7 Å². The Morgan fingerprint density at radius 1 is 1.06 bits per heavy atom. The SMILES string of the molecule is O=C(C1=C(O)C(=O)N(Cc2ccccn2)C1c1ccc(Cl)cc1)c1cc2ccccc2o1. The number of amides is 1. The first-order valence-electron chi connectivity index (χ1n) is 9.95. The molecule has 7 heteroatoms. The second-order valence-electron chi connectivity index (χ2n) is 7.45. The molecule has 3 heterocycles. The molecule has 4 aromatic rings. The zero-order chi connectivity index (χ0) is 22.2. The lowest BCUT2D eigenvalue weighted by molar-refractivity contribution is -0.130. The highest BCUT2D eigenvalue weighted by atomic mass is 35.5. The molecule has 1 atom stereocenters. The van der Waals surface area contributed by atoms with E-state index in [-0.39, 0.29) is 17.9 Å². The molecule has 0 spiro atoms. The van der Waals surface area contributed by atoms with Crippen molar-refractivity contribution in [1.82, 2.24) is 9.88 Å². The summed E-state index contributed by atoms with van der Waals surface area (Å²) < 4.78 is 5.72. The number of pyridine rings is 1. The van der Waals surface area contributed by atoms with Crippen LogP contribution >= 0.6 is 11.6 Å². The number of halogens is 1. The van der Waals surface area contributed by atoms with Gasteiger partial charge in [0.25, 0.3) is 5.91 Å². The fourth-order valence-corrected chi connectivity index (χ4v) is 4.06. The minimum absolute atomic E-state index is 0.0349. The molecule has 158 valence electrons. The Kier molecular flexibility index (Phi) is 4.99. The van der Waals surface area contributed by atoms with Gasteiger partial charge < -0.3 is 14.4 Å². The van der Waals surface area contributed by atoms with Gasteiger partial charge in [0, 0.05) is 16.6 Å². The van der Waals surface area contributed by atoms with Crippen molar-refractivity contribution in [3.05, 3.63) is 112 Å². The summed E-state index contributed by atoms with van der Waals surface area (Å²) in [6, 6.07) is 20.2. The van der Waals surface area contributed by atoms with Crippen molar-refractivity contribution >= 4 is 34.3 Å². The summed E-state index contributed by atoms with van der Waals surface area (Å²) >= 11 is 6.05. The predicted octanol–water partition coefficient (Wildman–Crippen LogP) is 5.26. The van der Waals surface area contributed by atoms with E-state index < -0.39 is 23.5 Å². The number of rotatable bonds is 5. The fraction of sp³-hybridized carbons (Fsp3) is 0.0800. The quantitative estimate of drug-likeness (QED) is 0.424. The van der Waals surface area contributed by atoms with Gasteiger partial charge in [0.2, 0.25) is 5.78 Å². The van der Waals surface area contributed by atoms with E-state index >= 15 is 0 Å². The second-order valence-corrected chi connectivity index (χ2v) is 7.88. The number of fused-ring (bicyclic) bond motifs is 1. The summed E-state index contributed by atoms with van der Waals surface area (Å²) in [6.45, 7) is 0.119. The van der Waals surface area contributed by atoms with Gasteiger partial charge in [0.1, 0.15) is 5.58 Å². The number of hydrogen-bond donors (Lipinski definition) is 1. The third-order valence-electron chi connectivity index (χ3n) is 5.44. The minimum Gasteiger partial charge on any atom is -0.503 e. The van der Waals surface area contributed by atoms with E-state index in [1.165, 1.54) is 4.90 Å². The molecule has 32 heavy (non-hydrogen) atoms. The molecular formula is C25H17ClN2O4. The number of aromatic nitrogens is 1. The number of nitrogens with zero attached hydrogens (tertiary/aromatic N) is 2. The Morgan fingerprint density at radius 3 is 2.53 bits per heavy atom. The number of furan rings is 1. The number of aliphatic hydroxyl groups excluding tert-OH is 1. The molecule has 0 saturated heterocycles. The number of para-hydroxylation sites is 1. The minimum atomic E-state index is -0.817. The third-order valence-corrected chi connectivity index (χ3v) is 5.69. The van der Waals surface area contributed by atoms with E-state index in [1.54, 1.807) is 60.8 Å². The predicted molar refractivity (Wildman–Crippen MR) is 119 cm³/mol. The van der Waals surface area contributed by atoms with Crippen LogP contribution in [0, 0.1) is 0 Å². The van der Waals surface area contributed by atoms with Crippen molar-refractivity contribution < 1.29 is 19.1 Å². The van der Waals surface area contributed by atoms with Gasteiger partial charge in [-0.05, 0) is 42.0 Å². The topological polar surface area (TPSA) is 83.6 Å². The maximum atomic E-state index is 13.5. The highest BCUT2D eigenvalue weighted by molar-refractivity contribution is 6.30. The van der Waals surface area contributed by atoms with E-state index in [1.807, 2.05) is 18.2 Å². The van der Waals surface area contributed by atoms with Gasteiger partial charge in [-0.25, -0.2) is 0 Å². The number of Topliss-reactive ketones (excluding diaryl/α,β-unsaturated/α-hetero) is 1.